The Kier molecular flexibility index (Phi) is 5.76. The molecular weight excluding hydrogens is 341 g/mol. The van der Waals surface area contributed by atoms with Crippen LogP contribution in [0.2, 0.25) is 10.3 Å². The van der Waals surface area contributed by atoms with Crippen molar-refractivity contribution >= 4 is 26.6 Å². The molecule has 102 valence electrons. The van der Waals surface area contributed by atoms with Crippen molar-refractivity contribution in [2.75, 3.05) is 6.61 Å². The summed E-state index contributed by atoms with van der Waals surface area (Å²) in [5, 5.41) is 9.94. The molecule has 20 heavy (non-hydrogen) atoms. The van der Waals surface area contributed by atoms with E-state index in [1.807, 2.05) is 36.4 Å². The zero-order chi connectivity index (χ0) is 14.2. The minimum absolute atomic E-state index is 0.00256. The Labute approximate surface area is 129 Å². The van der Waals surface area contributed by atoms with E-state index < -0.39 is 0 Å². The Morgan fingerprint density at radius 3 is 2.55 bits per heavy atom. The summed E-state index contributed by atoms with van der Waals surface area (Å²) in [7, 11) is 0. The van der Waals surface area contributed by atoms with E-state index in [9.17, 15) is 0 Å². The van der Waals surface area contributed by atoms with Crippen molar-refractivity contribution in [3.8, 4) is 22.2 Å². The van der Waals surface area contributed by atoms with E-state index in [-0.39, 0.29) is 15.0 Å². The second-order valence-electron chi connectivity index (χ2n) is 3.82. The van der Waals surface area contributed by atoms with Gasteiger partial charge >= 0.3 is 129 Å². The van der Waals surface area contributed by atoms with E-state index in [4.69, 9.17) is 26.3 Å². The van der Waals surface area contributed by atoms with E-state index in [1.165, 1.54) is 0 Å². The number of ether oxygens (including phenoxy) is 2. The molecule has 0 aliphatic rings. The first-order chi connectivity index (χ1) is 9.78. The molecule has 0 saturated carbocycles. The van der Waals surface area contributed by atoms with Crippen LogP contribution in [-0.2, 0) is 0 Å². The summed E-state index contributed by atoms with van der Waals surface area (Å²) in [4.78, 5) is 2.15. The summed E-state index contributed by atoms with van der Waals surface area (Å²) >= 11 is 5.82. The minimum atomic E-state index is -0.00256. The first-order valence-electron chi connectivity index (χ1n) is 5.95. The molecule has 0 N–H and O–H groups in total. The third-order valence-corrected chi connectivity index (χ3v) is 3.67. The van der Waals surface area contributed by atoms with Crippen LogP contribution in [0.25, 0.3) is 0 Å². The summed E-state index contributed by atoms with van der Waals surface area (Å²) in [6, 6.07) is 14.6. The van der Waals surface area contributed by atoms with Crippen LogP contribution in [-0.4, -0.2) is 21.6 Å². The number of benzene rings is 2. The molecule has 0 aliphatic heterocycles. The number of halogens is 1. The fourth-order valence-corrected chi connectivity index (χ4v) is 2.18. The topological polar surface area (TPSA) is 42.2 Å². The van der Waals surface area contributed by atoms with Crippen LogP contribution in [0.5, 0.6) is 17.2 Å². The second kappa shape index (κ2) is 7.81. The van der Waals surface area contributed by atoms with Crippen LogP contribution >= 0.6 is 11.6 Å². The molecule has 2 aromatic rings. The molecule has 0 atom stereocenters. The molecule has 0 fully saturated rings. The summed E-state index contributed by atoms with van der Waals surface area (Å²) in [6.45, 7) is 0.554. The predicted octanol–water partition coefficient (Wildman–Crippen LogP) is 4.11. The number of nitriles is 1. The molecule has 0 amide bonds. The fraction of sp³-hybridized carbons (Fsp3) is 0.133. The SMILES string of the molecule is N#C[Se]CCOc1cccc(Oc2ccc(Cl)cc2)c1. The summed E-state index contributed by atoms with van der Waals surface area (Å²) in [5.41, 5.74) is 0. The van der Waals surface area contributed by atoms with Gasteiger partial charge in [-0.25, -0.2) is 0 Å². The Hall–Kier alpha value is -1.66. The third kappa shape index (κ3) is 4.79. The first-order valence-corrected chi connectivity index (χ1v) is 8.39. The van der Waals surface area contributed by atoms with Crippen LogP contribution in [0, 0.1) is 10.2 Å². The van der Waals surface area contributed by atoms with Crippen molar-refractivity contribution in [2.45, 2.75) is 5.32 Å². The van der Waals surface area contributed by atoms with E-state index >= 15 is 0 Å². The van der Waals surface area contributed by atoms with Gasteiger partial charge in [-0.15, -0.1) is 0 Å². The Morgan fingerprint density at radius 1 is 1.05 bits per heavy atom. The van der Waals surface area contributed by atoms with Crippen LogP contribution in [0.4, 0.5) is 0 Å². The molecule has 2 aromatic carbocycles. The molecule has 2 rings (SSSR count). The van der Waals surface area contributed by atoms with Crippen LogP contribution < -0.4 is 9.47 Å². The van der Waals surface area contributed by atoms with Gasteiger partial charge in [-0.2, -0.15) is 0 Å². The van der Waals surface area contributed by atoms with Gasteiger partial charge in [0.2, 0.25) is 0 Å². The average Bonchev–Trinajstić information content (AvgIpc) is 2.47. The summed E-state index contributed by atoms with van der Waals surface area (Å²) in [6.07, 6.45) is 0. The predicted molar refractivity (Wildman–Crippen MR) is 79.6 cm³/mol. The van der Waals surface area contributed by atoms with Gasteiger partial charge < -0.3 is 0 Å². The molecule has 0 aromatic heterocycles. The van der Waals surface area contributed by atoms with E-state index in [0.29, 0.717) is 17.4 Å². The van der Waals surface area contributed by atoms with E-state index in [2.05, 4.69) is 4.97 Å². The van der Waals surface area contributed by atoms with Gasteiger partial charge in [0.15, 0.2) is 0 Å². The molecule has 0 unspecified atom stereocenters. The maximum absolute atomic E-state index is 8.48. The first kappa shape index (κ1) is 14.7. The number of hydrogen-bond donors (Lipinski definition) is 0. The van der Waals surface area contributed by atoms with Gasteiger partial charge in [0, 0.05) is 0 Å². The molecular formula is C15H12ClNO2Se. The van der Waals surface area contributed by atoms with Crippen molar-refractivity contribution < 1.29 is 9.47 Å². The van der Waals surface area contributed by atoms with Gasteiger partial charge in [-0.3, -0.25) is 0 Å². The fourth-order valence-electron chi connectivity index (χ4n) is 1.51. The van der Waals surface area contributed by atoms with Crippen molar-refractivity contribution in [1.82, 2.24) is 0 Å². The monoisotopic (exact) mass is 353 g/mol. The van der Waals surface area contributed by atoms with Crippen molar-refractivity contribution in [2.24, 2.45) is 0 Å². The van der Waals surface area contributed by atoms with E-state index in [1.54, 1.807) is 12.1 Å². The molecule has 0 saturated heterocycles. The zero-order valence-electron chi connectivity index (χ0n) is 10.6. The molecule has 0 aliphatic carbocycles. The quantitative estimate of drug-likeness (QED) is 0.580. The maximum atomic E-state index is 8.48. The number of nitrogens with zero attached hydrogens (tertiary/aromatic N) is 1. The standard InChI is InChI=1S/C15H12ClNO2Se/c16-12-4-6-13(7-5-12)19-15-3-1-2-14(10-15)18-8-9-20-11-17/h1-7,10H,8-9H2. The van der Waals surface area contributed by atoms with Crippen LogP contribution in [0.1, 0.15) is 0 Å². The average molecular weight is 353 g/mol. The summed E-state index contributed by atoms with van der Waals surface area (Å²) < 4.78 is 11.3. The van der Waals surface area contributed by atoms with Crippen molar-refractivity contribution in [3.05, 3.63) is 53.6 Å². The molecule has 3 nitrogen and oxygen atoms in total. The van der Waals surface area contributed by atoms with Gasteiger partial charge in [0.05, 0.1) is 0 Å². The number of rotatable bonds is 6. The Balaban J connectivity index is 1.95. The number of hydrogen-bond acceptors (Lipinski definition) is 3. The second-order valence-corrected chi connectivity index (χ2v) is 6.10. The van der Waals surface area contributed by atoms with Gasteiger partial charge in [-0.05, 0) is 0 Å². The van der Waals surface area contributed by atoms with Gasteiger partial charge in [-0.1, -0.05) is 0 Å². The van der Waals surface area contributed by atoms with Crippen LogP contribution in [0.3, 0.4) is 0 Å². The van der Waals surface area contributed by atoms with Crippen molar-refractivity contribution in [1.29, 1.82) is 5.26 Å². The third-order valence-electron chi connectivity index (χ3n) is 2.37. The molecule has 0 heterocycles. The molecule has 0 bridgehead atoms. The molecule has 0 spiro atoms. The van der Waals surface area contributed by atoms with E-state index in [0.717, 1.165) is 16.8 Å². The normalized spacial score (nSPS) is 9.80. The summed E-state index contributed by atoms with van der Waals surface area (Å²) in [5.74, 6) is 2.17. The van der Waals surface area contributed by atoms with Crippen molar-refractivity contribution in [3.63, 3.8) is 0 Å². The van der Waals surface area contributed by atoms with Gasteiger partial charge in [0.1, 0.15) is 0 Å². The van der Waals surface area contributed by atoms with Crippen LogP contribution in [0.15, 0.2) is 48.5 Å². The Morgan fingerprint density at radius 2 is 1.80 bits per heavy atom. The van der Waals surface area contributed by atoms with Gasteiger partial charge in [0.25, 0.3) is 0 Å². The Bertz CT molecular complexity index is 596. The molecule has 0 radical (unpaired) electrons. The zero-order valence-corrected chi connectivity index (χ0v) is 13.1. The molecule has 5 heteroatoms.